The van der Waals surface area contributed by atoms with E-state index in [2.05, 4.69) is 43.5 Å². The van der Waals surface area contributed by atoms with E-state index in [9.17, 15) is 4.79 Å². The second-order valence-electron chi connectivity index (χ2n) is 7.37. The molecule has 1 aliphatic heterocycles. The summed E-state index contributed by atoms with van der Waals surface area (Å²) in [5.74, 6) is 1.92. The molecule has 158 valence electrons. The van der Waals surface area contributed by atoms with Crippen molar-refractivity contribution < 1.29 is 9.53 Å². The lowest BCUT2D eigenvalue weighted by Gasteiger charge is -2.35. The van der Waals surface area contributed by atoms with Crippen molar-refractivity contribution in [3.63, 3.8) is 0 Å². The van der Waals surface area contributed by atoms with Gasteiger partial charge in [-0.2, -0.15) is 0 Å². The van der Waals surface area contributed by atoms with Crippen LogP contribution in [0, 0.1) is 0 Å². The molecule has 0 atom stereocenters. The molecule has 1 fully saturated rings. The summed E-state index contributed by atoms with van der Waals surface area (Å²) in [5.41, 5.74) is 1.07. The quantitative estimate of drug-likeness (QED) is 0.598. The molecule has 0 aliphatic carbocycles. The minimum Gasteiger partial charge on any atom is -0.494 e. The van der Waals surface area contributed by atoms with Gasteiger partial charge in [0.05, 0.1) is 18.5 Å². The number of ether oxygens (including phenoxy) is 1. The van der Waals surface area contributed by atoms with Gasteiger partial charge in [0.15, 0.2) is 0 Å². The fourth-order valence-electron chi connectivity index (χ4n) is 3.53. The Balaban J connectivity index is 1.22. The van der Waals surface area contributed by atoms with E-state index in [1.807, 2.05) is 24.3 Å². The summed E-state index contributed by atoms with van der Waals surface area (Å²) in [6.45, 7) is 7.15. The third-order valence-corrected chi connectivity index (χ3v) is 5.99. The fourth-order valence-corrected chi connectivity index (χ4v) is 4.26. The van der Waals surface area contributed by atoms with E-state index in [1.165, 1.54) is 0 Å². The van der Waals surface area contributed by atoms with Crippen LogP contribution >= 0.6 is 11.3 Å². The number of benzene rings is 1. The highest BCUT2D eigenvalue weighted by atomic mass is 32.1. The van der Waals surface area contributed by atoms with Gasteiger partial charge in [0.2, 0.25) is 5.91 Å². The maximum absolute atomic E-state index is 12.4. The minimum absolute atomic E-state index is 0.0528. The number of amides is 1. The Morgan fingerprint density at radius 3 is 2.70 bits per heavy atom. The Hall–Kier alpha value is -2.71. The summed E-state index contributed by atoms with van der Waals surface area (Å²) in [5, 5.41) is 6.18. The van der Waals surface area contributed by atoms with E-state index < -0.39 is 0 Å². The number of rotatable bonds is 8. The predicted molar refractivity (Wildman–Crippen MR) is 120 cm³/mol. The van der Waals surface area contributed by atoms with Crippen LogP contribution in [0.2, 0.25) is 0 Å². The van der Waals surface area contributed by atoms with Gasteiger partial charge in [-0.05, 0) is 35.6 Å². The molecule has 2 aromatic heterocycles. The molecule has 1 aromatic carbocycles. The highest BCUT2D eigenvalue weighted by Crippen LogP contribution is 2.27. The van der Waals surface area contributed by atoms with Crippen molar-refractivity contribution in [2.45, 2.75) is 19.9 Å². The maximum Gasteiger partial charge on any atom is 0.234 e. The molecule has 0 radical (unpaired) electrons. The standard InChI is InChI=1S/C22H27N5O2S/c1-2-12-29-18-5-3-17(4-6-18)14-23-20(28)15-26-8-10-27(11-9-26)21-19-7-13-30-22(19)25-16-24-21/h3-7,13,16H,2,8-12,14-15H2,1H3,(H,23,28). The van der Waals surface area contributed by atoms with E-state index >= 15 is 0 Å². The molecule has 7 nitrogen and oxygen atoms in total. The SMILES string of the molecule is CCCOc1ccc(CNC(=O)CN2CCN(c3ncnc4sccc34)CC2)cc1. The molecular weight excluding hydrogens is 398 g/mol. The number of carbonyl (C=O) groups excluding carboxylic acids is 1. The van der Waals surface area contributed by atoms with Crippen molar-refractivity contribution in [1.82, 2.24) is 20.2 Å². The number of fused-ring (bicyclic) bond motifs is 1. The summed E-state index contributed by atoms with van der Waals surface area (Å²) >= 11 is 1.63. The minimum atomic E-state index is 0.0528. The molecule has 0 bridgehead atoms. The predicted octanol–water partition coefficient (Wildman–Crippen LogP) is 2.92. The summed E-state index contributed by atoms with van der Waals surface area (Å²) < 4.78 is 5.59. The first-order valence-corrected chi connectivity index (χ1v) is 11.2. The van der Waals surface area contributed by atoms with Crippen molar-refractivity contribution in [3.05, 3.63) is 47.6 Å². The number of thiophene rings is 1. The van der Waals surface area contributed by atoms with Crippen molar-refractivity contribution in [2.24, 2.45) is 0 Å². The fraction of sp³-hybridized carbons (Fsp3) is 0.409. The van der Waals surface area contributed by atoms with Crippen LogP contribution in [0.25, 0.3) is 10.2 Å². The molecule has 8 heteroatoms. The van der Waals surface area contributed by atoms with Gasteiger partial charge in [0.1, 0.15) is 22.7 Å². The van der Waals surface area contributed by atoms with E-state index in [4.69, 9.17) is 4.74 Å². The number of hydrogen-bond acceptors (Lipinski definition) is 7. The first-order valence-electron chi connectivity index (χ1n) is 10.4. The second-order valence-corrected chi connectivity index (χ2v) is 8.26. The monoisotopic (exact) mass is 425 g/mol. The summed E-state index contributed by atoms with van der Waals surface area (Å²) in [4.78, 5) is 26.7. The van der Waals surface area contributed by atoms with Crippen LogP contribution < -0.4 is 15.0 Å². The zero-order chi connectivity index (χ0) is 20.8. The van der Waals surface area contributed by atoms with Crippen LogP contribution in [0.1, 0.15) is 18.9 Å². The Morgan fingerprint density at radius 1 is 1.13 bits per heavy atom. The molecule has 0 saturated carbocycles. The van der Waals surface area contributed by atoms with Crippen LogP contribution in [-0.4, -0.2) is 60.1 Å². The van der Waals surface area contributed by atoms with Crippen LogP contribution in [0.5, 0.6) is 5.75 Å². The number of anilines is 1. The molecule has 0 spiro atoms. The van der Waals surface area contributed by atoms with Gasteiger partial charge < -0.3 is 15.0 Å². The Labute approximate surface area is 180 Å². The first kappa shape index (κ1) is 20.6. The van der Waals surface area contributed by atoms with Gasteiger partial charge in [0.25, 0.3) is 0 Å². The van der Waals surface area contributed by atoms with E-state index in [0.717, 1.165) is 66.6 Å². The highest BCUT2D eigenvalue weighted by Gasteiger charge is 2.21. The Bertz CT molecular complexity index is 967. The van der Waals surface area contributed by atoms with Gasteiger partial charge in [-0.3, -0.25) is 9.69 Å². The molecule has 3 heterocycles. The average molecular weight is 426 g/mol. The summed E-state index contributed by atoms with van der Waals surface area (Å²) in [6, 6.07) is 9.98. The van der Waals surface area contributed by atoms with E-state index in [1.54, 1.807) is 17.7 Å². The smallest absolute Gasteiger partial charge is 0.234 e. The van der Waals surface area contributed by atoms with E-state index in [-0.39, 0.29) is 5.91 Å². The lowest BCUT2D eigenvalue weighted by molar-refractivity contribution is -0.122. The normalized spacial score (nSPS) is 14.8. The number of piperazine rings is 1. The third-order valence-electron chi connectivity index (χ3n) is 5.17. The van der Waals surface area contributed by atoms with Gasteiger partial charge in [-0.1, -0.05) is 19.1 Å². The van der Waals surface area contributed by atoms with E-state index in [0.29, 0.717) is 13.1 Å². The number of aromatic nitrogens is 2. The molecule has 1 saturated heterocycles. The number of nitrogens with one attached hydrogen (secondary N) is 1. The molecule has 3 aromatic rings. The lowest BCUT2D eigenvalue weighted by Crippen LogP contribution is -2.49. The van der Waals surface area contributed by atoms with Crippen molar-refractivity contribution in [2.75, 3.05) is 44.2 Å². The van der Waals surface area contributed by atoms with Crippen molar-refractivity contribution in [3.8, 4) is 5.75 Å². The average Bonchev–Trinajstić information content (AvgIpc) is 3.27. The van der Waals surface area contributed by atoms with Gasteiger partial charge in [0, 0.05) is 32.7 Å². The Morgan fingerprint density at radius 2 is 1.93 bits per heavy atom. The summed E-state index contributed by atoms with van der Waals surface area (Å²) in [7, 11) is 0. The molecule has 30 heavy (non-hydrogen) atoms. The van der Waals surface area contributed by atoms with Crippen molar-refractivity contribution >= 4 is 33.3 Å². The number of hydrogen-bond donors (Lipinski definition) is 1. The highest BCUT2D eigenvalue weighted by molar-refractivity contribution is 7.16. The van der Waals surface area contributed by atoms with Gasteiger partial charge in [-0.15, -0.1) is 11.3 Å². The molecule has 1 N–H and O–H groups in total. The maximum atomic E-state index is 12.4. The van der Waals surface area contributed by atoms with Crippen LogP contribution in [0.3, 0.4) is 0 Å². The number of carbonyl (C=O) groups is 1. The molecular formula is C22H27N5O2S. The molecule has 4 rings (SSSR count). The third kappa shape index (κ3) is 5.06. The van der Waals surface area contributed by atoms with Crippen molar-refractivity contribution in [1.29, 1.82) is 0 Å². The molecule has 1 amide bonds. The largest absolute Gasteiger partial charge is 0.494 e. The van der Waals surface area contributed by atoms with Crippen LogP contribution in [0.4, 0.5) is 5.82 Å². The second kappa shape index (κ2) is 9.86. The van der Waals surface area contributed by atoms with Gasteiger partial charge in [-0.25, -0.2) is 9.97 Å². The first-order chi connectivity index (χ1) is 14.7. The zero-order valence-corrected chi connectivity index (χ0v) is 18.0. The summed E-state index contributed by atoms with van der Waals surface area (Å²) in [6.07, 6.45) is 2.62. The van der Waals surface area contributed by atoms with Crippen LogP contribution in [0.15, 0.2) is 42.0 Å². The zero-order valence-electron chi connectivity index (χ0n) is 17.2. The topological polar surface area (TPSA) is 70.6 Å². The lowest BCUT2D eigenvalue weighted by atomic mass is 10.2. The Kier molecular flexibility index (Phi) is 6.76. The van der Waals surface area contributed by atoms with Gasteiger partial charge >= 0.3 is 0 Å². The molecule has 1 aliphatic rings. The van der Waals surface area contributed by atoms with Crippen LogP contribution in [-0.2, 0) is 11.3 Å². The molecule has 0 unspecified atom stereocenters. The number of nitrogens with zero attached hydrogens (tertiary/aromatic N) is 4.